The minimum atomic E-state index is -0.0884. The highest BCUT2D eigenvalue weighted by Crippen LogP contribution is 2.50. The first-order chi connectivity index (χ1) is 10.3. The fraction of sp³-hybridized carbons (Fsp3) is 0.368. The van der Waals surface area contributed by atoms with Crippen molar-refractivity contribution in [3.63, 3.8) is 0 Å². The van der Waals surface area contributed by atoms with Gasteiger partial charge in [0, 0.05) is 11.8 Å². The molecular weight excluding hydrogens is 260 g/mol. The predicted octanol–water partition coefficient (Wildman–Crippen LogP) is 4.12. The molecule has 0 saturated carbocycles. The lowest BCUT2D eigenvalue weighted by molar-refractivity contribution is -0.0819. The van der Waals surface area contributed by atoms with Crippen molar-refractivity contribution in [1.82, 2.24) is 0 Å². The molecule has 2 atom stereocenters. The third-order valence-corrected chi connectivity index (χ3v) is 4.81. The van der Waals surface area contributed by atoms with E-state index in [2.05, 4.69) is 56.3 Å². The lowest BCUT2D eigenvalue weighted by Crippen LogP contribution is -2.24. The van der Waals surface area contributed by atoms with Gasteiger partial charge in [0.25, 0.3) is 0 Å². The minimum absolute atomic E-state index is 0.0884. The molecule has 1 heterocycles. The quantitative estimate of drug-likeness (QED) is 0.824. The van der Waals surface area contributed by atoms with Gasteiger partial charge >= 0.3 is 0 Å². The average Bonchev–Trinajstić information content (AvgIpc) is 3.13. The van der Waals surface area contributed by atoms with Crippen molar-refractivity contribution in [1.29, 1.82) is 0 Å². The second-order valence-corrected chi connectivity index (χ2v) is 6.07. The van der Waals surface area contributed by atoms with E-state index < -0.39 is 0 Å². The first kappa shape index (κ1) is 13.1. The van der Waals surface area contributed by atoms with E-state index >= 15 is 0 Å². The summed E-state index contributed by atoms with van der Waals surface area (Å²) in [6.45, 7) is 5.87. The van der Waals surface area contributed by atoms with Crippen LogP contribution in [0.15, 0.2) is 42.5 Å². The number of hydrogen-bond donors (Lipinski definition) is 0. The van der Waals surface area contributed by atoms with Crippen molar-refractivity contribution in [3.05, 3.63) is 59.2 Å². The number of benzene rings is 2. The van der Waals surface area contributed by atoms with Gasteiger partial charge in [0.15, 0.2) is 6.29 Å². The molecule has 21 heavy (non-hydrogen) atoms. The monoisotopic (exact) mass is 280 g/mol. The molecular formula is C19H20O2. The zero-order chi connectivity index (χ0) is 14.4. The molecule has 0 N–H and O–H groups in total. The van der Waals surface area contributed by atoms with Crippen molar-refractivity contribution < 1.29 is 9.47 Å². The van der Waals surface area contributed by atoms with Crippen LogP contribution in [0.5, 0.6) is 0 Å². The van der Waals surface area contributed by atoms with Gasteiger partial charge < -0.3 is 9.47 Å². The summed E-state index contributed by atoms with van der Waals surface area (Å²) in [7, 11) is 0. The highest BCUT2D eigenvalue weighted by atomic mass is 16.7. The van der Waals surface area contributed by atoms with E-state index in [1.807, 2.05) is 0 Å². The van der Waals surface area contributed by atoms with Crippen LogP contribution < -0.4 is 0 Å². The Morgan fingerprint density at radius 3 is 2.48 bits per heavy atom. The van der Waals surface area contributed by atoms with E-state index in [0.717, 1.165) is 0 Å². The molecule has 2 unspecified atom stereocenters. The summed E-state index contributed by atoms with van der Waals surface area (Å²) in [6.07, 6.45) is -0.0884. The summed E-state index contributed by atoms with van der Waals surface area (Å²) >= 11 is 0. The molecule has 1 aliphatic carbocycles. The molecule has 0 amide bonds. The summed E-state index contributed by atoms with van der Waals surface area (Å²) in [5, 5.41) is 0. The minimum Gasteiger partial charge on any atom is -0.350 e. The van der Waals surface area contributed by atoms with Crippen molar-refractivity contribution in [2.75, 3.05) is 13.2 Å². The highest BCUT2D eigenvalue weighted by Gasteiger charge is 2.38. The highest BCUT2D eigenvalue weighted by molar-refractivity contribution is 5.81. The molecule has 1 aliphatic heterocycles. The SMILES string of the molecule is Cc1cccc2c1-c1ccccc1C2C(C)C1OCCO1. The molecule has 1 fully saturated rings. The van der Waals surface area contributed by atoms with Crippen molar-refractivity contribution in [3.8, 4) is 11.1 Å². The lowest BCUT2D eigenvalue weighted by atomic mass is 9.84. The first-order valence-electron chi connectivity index (χ1n) is 7.69. The molecule has 0 bridgehead atoms. The van der Waals surface area contributed by atoms with Crippen LogP contribution in [0, 0.1) is 12.8 Å². The average molecular weight is 280 g/mol. The zero-order valence-corrected chi connectivity index (χ0v) is 12.5. The van der Waals surface area contributed by atoms with Gasteiger partial charge in [-0.25, -0.2) is 0 Å². The van der Waals surface area contributed by atoms with E-state index in [1.165, 1.54) is 27.8 Å². The number of rotatable bonds is 2. The van der Waals surface area contributed by atoms with Crippen LogP contribution in [-0.4, -0.2) is 19.5 Å². The molecule has 1 saturated heterocycles. The van der Waals surface area contributed by atoms with Crippen molar-refractivity contribution >= 4 is 0 Å². The Kier molecular flexibility index (Phi) is 3.09. The fourth-order valence-electron chi connectivity index (χ4n) is 3.88. The Balaban J connectivity index is 1.86. The van der Waals surface area contributed by atoms with Crippen molar-refractivity contribution in [2.24, 2.45) is 5.92 Å². The topological polar surface area (TPSA) is 18.5 Å². The van der Waals surface area contributed by atoms with Crippen LogP contribution in [0.3, 0.4) is 0 Å². The van der Waals surface area contributed by atoms with Gasteiger partial charge in [-0.15, -0.1) is 0 Å². The van der Waals surface area contributed by atoms with E-state index in [1.54, 1.807) is 0 Å². The van der Waals surface area contributed by atoms with Crippen LogP contribution in [0.2, 0.25) is 0 Å². The lowest BCUT2D eigenvalue weighted by Gasteiger charge is -2.26. The molecule has 108 valence electrons. The van der Waals surface area contributed by atoms with Crippen LogP contribution in [0.1, 0.15) is 29.5 Å². The van der Waals surface area contributed by atoms with E-state index in [-0.39, 0.29) is 6.29 Å². The maximum atomic E-state index is 5.77. The number of fused-ring (bicyclic) bond motifs is 3. The molecule has 2 aromatic carbocycles. The van der Waals surface area contributed by atoms with Gasteiger partial charge in [-0.2, -0.15) is 0 Å². The second kappa shape index (κ2) is 4.97. The third kappa shape index (κ3) is 1.94. The van der Waals surface area contributed by atoms with Crippen LogP contribution in [0.4, 0.5) is 0 Å². The molecule has 2 aliphatic rings. The summed E-state index contributed by atoms with van der Waals surface area (Å²) < 4.78 is 11.5. The van der Waals surface area contributed by atoms with E-state index in [9.17, 15) is 0 Å². The molecule has 2 aromatic rings. The maximum absolute atomic E-state index is 5.77. The number of ether oxygens (including phenoxy) is 2. The molecule has 4 rings (SSSR count). The molecule has 0 radical (unpaired) electrons. The Morgan fingerprint density at radius 2 is 1.67 bits per heavy atom. The Hall–Kier alpha value is -1.64. The summed E-state index contributed by atoms with van der Waals surface area (Å²) in [6, 6.07) is 15.4. The van der Waals surface area contributed by atoms with Crippen LogP contribution in [0.25, 0.3) is 11.1 Å². The van der Waals surface area contributed by atoms with Gasteiger partial charge in [-0.05, 0) is 34.7 Å². The van der Waals surface area contributed by atoms with E-state index in [0.29, 0.717) is 25.0 Å². The Labute approximate surface area is 125 Å². The molecule has 2 nitrogen and oxygen atoms in total. The number of hydrogen-bond acceptors (Lipinski definition) is 2. The summed E-state index contributed by atoms with van der Waals surface area (Å²) in [5.41, 5.74) is 6.96. The Morgan fingerprint density at radius 1 is 0.952 bits per heavy atom. The van der Waals surface area contributed by atoms with Crippen LogP contribution in [-0.2, 0) is 9.47 Å². The summed E-state index contributed by atoms with van der Waals surface area (Å²) in [4.78, 5) is 0. The predicted molar refractivity (Wildman–Crippen MR) is 83.3 cm³/mol. The zero-order valence-electron chi connectivity index (χ0n) is 12.5. The van der Waals surface area contributed by atoms with Gasteiger partial charge in [0.1, 0.15) is 0 Å². The van der Waals surface area contributed by atoms with Gasteiger partial charge in [-0.1, -0.05) is 49.4 Å². The van der Waals surface area contributed by atoms with Crippen LogP contribution >= 0.6 is 0 Å². The molecule has 0 aromatic heterocycles. The molecule has 2 heteroatoms. The molecule has 0 spiro atoms. The van der Waals surface area contributed by atoms with Gasteiger partial charge in [0.2, 0.25) is 0 Å². The standard InChI is InChI=1S/C19H20O2/c1-12-6-5-9-16-17(12)14-7-3-4-8-15(14)18(16)13(2)19-20-10-11-21-19/h3-9,13,18-19H,10-11H2,1-2H3. The fourth-order valence-corrected chi connectivity index (χ4v) is 3.88. The number of aryl methyl sites for hydroxylation is 1. The van der Waals surface area contributed by atoms with Gasteiger partial charge in [-0.3, -0.25) is 0 Å². The van der Waals surface area contributed by atoms with Gasteiger partial charge in [0.05, 0.1) is 13.2 Å². The van der Waals surface area contributed by atoms with E-state index in [4.69, 9.17) is 9.47 Å². The largest absolute Gasteiger partial charge is 0.350 e. The smallest absolute Gasteiger partial charge is 0.161 e. The first-order valence-corrected chi connectivity index (χ1v) is 7.69. The maximum Gasteiger partial charge on any atom is 0.161 e. The summed E-state index contributed by atoms with van der Waals surface area (Å²) in [5.74, 6) is 0.677. The normalized spacial score (nSPS) is 22.1. The third-order valence-electron chi connectivity index (χ3n) is 4.81. The second-order valence-electron chi connectivity index (χ2n) is 6.07. The Bertz CT molecular complexity index is 671. The van der Waals surface area contributed by atoms with Crippen molar-refractivity contribution in [2.45, 2.75) is 26.1 Å².